The highest BCUT2D eigenvalue weighted by Gasteiger charge is 2.39. The maximum Gasteiger partial charge on any atom is 0.415 e. The van der Waals surface area contributed by atoms with E-state index in [4.69, 9.17) is 11.6 Å². The molecule has 7 nitrogen and oxygen atoms in total. The summed E-state index contributed by atoms with van der Waals surface area (Å²) in [5.41, 5.74) is 3.60. The average Bonchev–Trinajstić information content (AvgIpc) is 3.57. The number of nitrogens with one attached hydrogen (secondary N) is 1. The first-order valence-corrected chi connectivity index (χ1v) is 11.8. The third-order valence-electron chi connectivity index (χ3n) is 6.72. The van der Waals surface area contributed by atoms with Gasteiger partial charge in [0.1, 0.15) is 0 Å². The van der Waals surface area contributed by atoms with Crippen molar-refractivity contribution in [2.45, 2.75) is 56.8 Å². The maximum atomic E-state index is 12.7. The normalized spacial score (nSPS) is 19.0. The number of benzene rings is 1. The minimum atomic E-state index is -4.60. The fraction of sp³-hybridized carbons (Fsp3) is 0.522. The average molecular weight is 495 g/mol. The van der Waals surface area contributed by atoms with Gasteiger partial charge >= 0.3 is 6.18 Å². The molecule has 1 aromatic carbocycles. The van der Waals surface area contributed by atoms with E-state index in [9.17, 15) is 18.3 Å². The molecule has 0 unspecified atom stereocenters. The predicted molar refractivity (Wildman–Crippen MR) is 124 cm³/mol. The molecule has 2 fully saturated rings. The summed E-state index contributed by atoms with van der Waals surface area (Å²) < 4.78 is 40.0. The molecule has 3 aromatic rings. The molecule has 1 atom stereocenters. The quantitative estimate of drug-likeness (QED) is 0.504. The van der Waals surface area contributed by atoms with E-state index < -0.39 is 18.8 Å². The summed E-state index contributed by atoms with van der Waals surface area (Å²) in [7, 11) is 0. The van der Waals surface area contributed by atoms with Gasteiger partial charge in [-0.05, 0) is 69.3 Å². The lowest BCUT2D eigenvalue weighted by atomic mass is 9.88. The molecule has 11 heteroatoms. The third kappa shape index (κ3) is 4.85. The molecule has 0 bridgehead atoms. The zero-order valence-corrected chi connectivity index (χ0v) is 19.4. The van der Waals surface area contributed by atoms with Crippen LogP contribution in [0, 0.1) is 6.92 Å². The first-order chi connectivity index (χ1) is 16.2. The van der Waals surface area contributed by atoms with Crippen LogP contribution in [-0.2, 0) is 0 Å². The van der Waals surface area contributed by atoms with Crippen LogP contribution in [0.15, 0.2) is 24.5 Å². The number of likely N-dealkylation sites (tertiary alicyclic amines) is 1. The Balaban J connectivity index is 1.30. The van der Waals surface area contributed by atoms with Crippen molar-refractivity contribution in [1.29, 1.82) is 0 Å². The highest BCUT2D eigenvalue weighted by molar-refractivity contribution is 6.32. The number of alkyl halides is 3. The van der Waals surface area contributed by atoms with E-state index in [0.717, 1.165) is 40.7 Å². The van der Waals surface area contributed by atoms with Gasteiger partial charge in [-0.25, -0.2) is 9.97 Å². The molecule has 1 saturated carbocycles. The van der Waals surface area contributed by atoms with Crippen molar-refractivity contribution in [3.05, 3.63) is 40.8 Å². The summed E-state index contributed by atoms with van der Waals surface area (Å²) in [6, 6.07) is 4.28. The van der Waals surface area contributed by atoms with Crippen molar-refractivity contribution in [2.75, 3.05) is 25.0 Å². The highest BCUT2D eigenvalue weighted by Crippen LogP contribution is 2.38. The van der Waals surface area contributed by atoms with Crippen molar-refractivity contribution in [3.8, 4) is 0 Å². The van der Waals surface area contributed by atoms with Crippen LogP contribution in [0.5, 0.6) is 0 Å². The largest absolute Gasteiger partial charge is 0.415 e. The number of anilines is 2. The lowest BCUT2D eigenvalue weighted by Crippen LogP contribution is -2.44. The van der Waals surface area contributed by atoms with Gasteiger partial charge in [0, 0.05) is 23.2 Å². The topological polar surface area (TPSA) is 79.1 Å². The van der Waals surface area contributed by atoms with Crippen LogP contribution in [0.2, 0.25) is 5.02 Å². The number of rotatable bonds is 6. The molecule has 2 aromatic heterocycles. The predicted octanol–water partition coefficient (Wildman–Crippen LogP) is 4.97. The van der Waals surface area contributed by atoms with Crippen LogP contribution in [0.25, 0.3) is 10.9 Å². The SMILES string of the molecule is Cc1c(Nc2ncc3cc(Cl)c(C4CCN(C[C@H](O)C(F)(F)F)CC4)cc3n2)cnn1C1CC1. The lowest BCUT2D eigenvalue weighted by Gasteiger charge is -2.34. The Labute approximate surface area is 199 Å². The van der Waals surface area contributed by atoms with E-state index in [-0.39, 0.29) is 5.92 Å². The summed E-state index contributed by atoms with van der Waals surface area (Å²) in [6.07, 6.45) is 0.214. The van der Waals surface area contributed by atoms with Crippen molar-refractivity contribution in [1.82, 2.24) is 24.6 Å². The number of hydrogen-bond acceptors (Lipinski definition) is 6. The molecule has 0 amide bonds. The summed E-state index contributed by atoms with van der Waals surface area (Å²) in [6.45, 7) is 2.55. The van der Waals surface area contributed by atoms with E-state index in [1.54, 1.807) is 17.3 Å². The summed E-state index contributed by atoms with van der Waals surface area (Å²) >= 11 is 6.56. The molecule has 2 N–H and O–H groups in total. The monoisotopic (exact) mass is 494 g/mol. The first kappa shape index (κ1) is 23.3. The molecular weight excluding hydrogens is 469 g/mol. The molecule has 2 aliphatic rings. The second kappa shape index (κ2) is 8.98. The van der Waals surface area contributed by atoms with Gasteiger partial charge in [0.2, 0.25) is 5.95 Å². The van der Waals surface area contributed by atoms with Crippen LogP contribution in [0.1, 0.15) is 48.9 Å². The molecular formula is C23H26ClF3N6O. The van der Waals surface area contributed by atoms with Crippen molar-refractivity contribution in [3.63, 3.8) is 0 Å². The van der Waals surface area contributed by atoms with Crippen molar-refractivity contribution < 1.29 is 18.3 Å². The number of piperidine rings is 1. The Hall–Kier alpha value is -2.43. The van der Waals surface area contributed by atoms with Crippen LogP contribution < -0.4 is 5.32 Å². The molecule has 5 rings (SSSR count). The Morgan fingerprint density at radius 1 is 1.18 bits per heavy atom. The number of aliphatic hydroxyl groups excluding tert-OH is 1. The second-order valence-corrected chi connectivity index (χ2v) is 9.61. The minimum Gasteiger partial charge on any atom is -0.382 e. The fourth-order valence-electron chi connectivity index (χ4n) is 4.57. The van der Waals surface area contributed by atoms with Gasteiger partial charge in [-0.15, -0.1) is 0 Å². The highest BCUT2D eigenvalue weighted by atomic mass is 35.5. The van der Waals surface area contributed by atoms with Gasteiger partial charge in [-0.2, -0.15) is 18.3 Å². The molecule has 1 saturated heterocycles. The molecule has 34 heavy (non-hydrogen) atoms. The molecule has 1 aliphatic heterocycles. The Morgan fingerprint density at radius 2 is 1.91 bits per heavy atom. The molecule has 3 heterocycles. The summed E-state index contributed by atoms with van der Waals surface area (Å²) in [4.78, 5) is 10.7. The first-order valence-electron chi connectivity index (χ1n) is 11.4. The van der Waals surface area contributed by atoms with E-state index in [1.165, 1.54) is 0 Å². The number of aliphatic hydroxyl groups is 1. The van der Waals surface area contributed by atoms with Gasteiger partial charge in [-0.1, -0.05) is 11.6 Å². The standard InChI is InChI=1S/C23H26ClF3N6O/c1-13-20(11-29-33(13)16-2-3-16)31-22-28-10-15-8-18(24)17(9-19(15)30-22)14-4-6-32(7-5-14)12-21(34)23(25,26)27/h8-11,14,16,21,34H,2-7,12H2,1H3,(H,28,30,31)/t21-/m0/s1. The number of fused-ring (bicyclic) bond motifs is 1. The third-order valence-corrected chi connectivity index (χ3v) is 7.05. The number of aromatic nitrogens is 4. The molecule has 0 radical (unpaired) electrons. The van der Waals surface area contributed by atoms with Gasteiger partial charge in [0.15, 0.2) is 6.10 Å². The minimum absolute atomic E-state index is 0.113. The lowest BCUT2D eigenvalue weighted by molar-refractivity contribution is -0.208. The van der Waals surface area contributed by atoms with Gasteiger partial charge < -0.3 is 15.3 Å². The Kier molecular flexibility index (Phi) is 6.16. The summed E-state index contributed by atoms with van der Waals surface area (Å²) in [5.74, 6) is 0.580. The summed E-state index contributed by atoms with van der Waals surface area (Å²) in [5, 5.41) is 18.5. The number of β-amino-alcohol motifs (C(OH)–C–C–N with tert-alkyl or cyclic N) is 1. The van der Waals surface area contributed by atoms with Crippen molar-refractivity contribution >= 4 is 34.1 Å². The Bertz CT molecular complexity index is 1190. The van der Waals surface area contributed by atoms with Gasteiger partial charge in [-0.3, -0.25) is 4.68 Å². The van der Waals surface area contributed by atoms with Crippen LogP contribution >= 0.6 is 11.6 Å². The number of halogens is 4. The smallest absolute Gasteiger partial charge is 0.382 e. The van der Waals surface area contributed by atoms with Gasteiger partial charge in [0.25, 0.3) is 0 Å². The molecule has 1 aliphatic carbocycles. The van der Waals surface area contributed by atoms with Crippen LogP contribution in [-0.4, -0.2) is 61.7 Å². The van der Waals surface area contributed by atoms with Crippen LogP contribution in [0.3, 0.4) is 0 Å². The Morgan fingerprint density at radius 3 is 2.59 bits per heavy atom. The molecule has 182 valence electrons. The van der Waals surface area contributed by atoms with Gasteiger partial charge in [0.05, 0.1) is 29.1 Å². The zero-order valence-electron chi connectivity index (χ0n) is 18.7. The molecule has 0 spiro atoms. The zero-order chi connectivity index (χ0) is 24.0. The maximum absolute atomic E-state index is 12.7. The van der Waals surface area contributed by atoms with E-state index >= 15 is 0 Å². The van der Waals surface area contributed by atoms with E-state index in [0.29, 0.717) is 42.9 Å². The number of hydrogen-bond donors (Lipinski definition) is 2. The second-order valence-electron chi connectivity index (χ2n) is 9.20. The number of nitrogens with zero attached hydrogens (tertiary/aromatic N) is 5. The fourth-order valence-corrected chi connectivity index (χ4v) is 4.90. The van der Waals surface area contributed by atoms with Crippen LogP contribution in [0.4, 0.5) is 24.8 Å². The van der Waals surface area contributed by atoms with E-state index in [1.807, 2.05) is 23.7 Å². The van der Waals surface area contributed by atoms with Crippen molar-refractivity contribution in [2.24, 2.45) is 0 Å². The van der Waals surface area contributed by atoms with E-state index in [2.05, 4.69) is 20.4 Å².